The lowest BCUT2D eigenvalue weighted by molar-refractivity contribution is 0.0254. The number of hydrogen-bond donors (Lipinski definition) is 1. The molecule has 0 aliphatic carbocycles. The average Bonchev–Trinajstić information content (AvgIpc) is 2.90. The molecule has 0 saturated carbocycles. The van der Waals surface area contributed by atoms with Gasteiger partial charge in [-0.15, -0.1) is 0 Å². The highest BCUT2D eigenvalue weighted by Gasteiger charge is 2.53. The van der Waals surface area contributed by atoms with Gasteiger partial charge in [-0.3, -0.25) is 4.90 Å². The Labute approximate surface area is 174 Å². The van der Waals surface area contributed by atoms with Gasteiger partial charge in [0, 0.05) is 30.5 Å². The number of methoxy groups -OCH3 is 2. The molecule has 29 heavy (non-hydrogen) atoms. The maximum absolute atomic E-state index is 10.7. The van der Waals surface area contributed by atoms with E-state index in [2.05, 4.69) is 67.3 Å². The van der Waals surface area contributed by atoms with E-state index in [0.717, 1.165) is 30.9 Å². The van der Waals surface area contributed by atoms with Crippen molar-refractivity contribution in [1.29, 1.82) is 0 Å². The number of piperidine rings is 1. The summed E-state index contributed by atoms with van der Waals surface area (Å²) in [6, 6.07) is 17.8. The molecule has 2 aromatic carbocycles. The van der Waals surface area contributed by atoms with E-state index >= 15 is 0 Å². The normalized spacial score (nSPS) is 29.2. The highest BCUT2D eigenvalue weighted by molar-refractivity contribution is 5.40. The highest BCUT2D eigenvalue weighted by atomic mass is 16.5. The van der Waals surface area contributed by atoms with Crippen LogP contribution in [0.4, 0.5) is 0 Å². The summed E-state index contributed by atoms with van der Waals surface area (Å²) >= 11 is 0. The summed E-state index contributed by atoms with van der Waals surface area (Å²) in [7, 11) is 3.41. The van der Waals surface area contributed by atoms with Crippen LogP contribution in [0.25, 0.3) is 0 Å². The zero-order chi connectivity index (χ0) is 20.5. The Hall–Kier alpha value is -2.04. The number of hydrogen-bond acceptors (Lipinski definition) is 4. The molecular weight excluding hydrogens is 362 g/mol. The van der Waals surface area contributed by atoms with Gasteiger partial charge in [-0.05, 0) is 54.2 Å². The van der Waals surface area contributed by atoms with Crippen molar-refractivity contribution in [3.05, 3.63) is 59.7 Å². The third-order valence-corrected chi connectivity index (χ3v) is 6.67. The first-order valence-corrected chi connectivity index (χ1v) is 10.7. The molecule has 2 aliphatic rings. The zero-order valence-corrected chi connectivity index (χ0v) is 17.9. The summed E-state index contributed by atoms with van der Waals surface area (Å²) < 4.78 is 10.8. The lowest BCUT2D eigenvalue weighted by atomic mass is 9.78. The molecule has 2 fully saturated rings. The van der Waals surface area contributed by atoms with Crippen molar-refractivity contribution in [2.75, 3.05) is 20.8 Å². The summed E-state index contributed by atoms with van der Waals surface area (Å²) in [5, 5.41) is 10.7. The SMILES string of the molecule is COc1ccc([C@@H]2[C@H](c3ccc(OC)cc3)[C@H]3CC(O)C[C@@H]2N3CC(C)C)cc1. The Kier molecular flexibility index (Phi) is 5.84. The quantitative estimate of drug-likeness (QED) is 0.785. The van der Waals surface area contributed by atoms with Crippen LogP contribution in [0, 0.1) is 5.92 Å². The van der Waals surface area contributed by atoms with Crippen LogP contribution in [0.15, 0.2) is 48.5 Å². The first kappa shape index (κ1) is 20.2. The van der Waals surface area contributed by atoms with Crippen molar-refractivity contribution in [2.45, 2.75) is 56.7 Å². The second-order valence-electron chi connectivity index (χ2n) is 8.95. The highest BCUT2D eigenvalue weighted by Crippen LogP contribution is 2.54. The zero-order valence-electron chi connectivity index (χ0n) is 17.9. The first-order valence-electron chi connectivity index (χ1n) is 10.7. The van der Waals surface area contributed by atoms with Gasteiger partial charge in [-0.2, -0.15) is 0 Å². The lowest BCUT2D eigenvalue weighted by Crippen LogP contribution is -2.47. The molecule has 156 valence electrons. The molecule has 2 bridgehead atoms. The van der Waals surface area contributed by atoms with Gasteiger partial charge in [0.05, 0.1) is 20.3 Å². The topological polar surface area (TPSA) is 41.9 Å². The van der Waals surface area contributed by atoms with Crippen LogP contribution >= 0.6 is 0 Å². The monoisotopic (exact) mass is 395 g/mol. The lowest BCUT2D eigenvalue weighted by Gasteiger charge is -2.39. The van der Waals surface area contributed by atoms with Crippen LogP contribution < -0.4 is 9.47 Å². The fraction of sp³-hybridized carbons (Fsp3) is 0.520. The second kappa shape index (κ2) is 8.37. The molecule has 4 nitrogen and oxygen atoms in total. The van der Waals surface area contributed by atoms with Crippen LogP contribution in [0.3, 0.4) is 0 Å². The fourth-order valence-corrected chi connectivity index (χ4v) is 5.56. The minimum Gasteiger partial charge on any atom is -0.497 e. The van der Waals surface area contributed by atoms with Gasteiger partial charge in [-0.1, -0.05) is 38.1 Å². The molecule has 0 radical (unpaired) electrons. The van der Waals surface area contributed by atoms with E-state index in [0.29, 0.717) is 29.8 Å². The first-order chi connectivity index (χ1) is 14.0. The molecule has 0 amide bonds. The molecule has 4 heteroatoms. The molecule has 0 spiro atoms. The van der Waals surface area contributed by atoms with E-state index < -0.39 is 0 Å². The molecule has 2 aromatic rings. The van der Waals surface area contributed by atoms with Crippen LogP contribution in [0.5, 0.6) is 11.5 Å². The van der Waals surface area contributed by atoms with Gasteiger partial charge >= 0.3 is 0 Å². The van der Waals surface area contributed by atoms with Crippen LogP contribution in [0.1, 0.15) is 49.7 Å². The van der Waals surface area contributed by atoms with Gasteiger partial charge in [0.15, 0.2) is 0 Å². The van der Waals surface area contributed by atoms with Crippen LogP contribution in [-0.4, -0.2) is 49.0 Å². The molecular formula is C25H33NO3. The minimum absolute atomic E-state index is 0.225. The molecule has 2 aliphatic heterocycles. The van der Waals surface area contributed by atoms with Gasteiger partial charge in [-0.25, -0.2) is 0 Å². The maximum atomic E-state index is 10.7. The summed E-state index contributed by atoms with van der Waals surface area (Å²) in [4.78, 5) is 2.68. The van der Waals surface area contributed by atoms with Crippen LogP contribution in [-0.2, 0) is 0 Å². The molecule has 0 aromatic heterocycles. The number of aliphatic hydroxyl groups excluding tert-OH is 1. The number of rotatable bonds is 6. The number of fused-ring (bicyclic) bond motifs is 2. The van der Waals surface area contributed by atoms with Crippen molar-refractivity contribution >= 4 is 0 Å². The predicted molar refractivity (Wildman–Crippen MR) is 116 cm³/mol. The number of ether oxygens (including phenoxy) is 2. The summed E-state index contributed by atoms with van der Waals surface area (Å²) in [6.45, 7) is 5.64. The average molecular weight is 396 g/mol. The Bertz CT molecular complexity index is 738. The van der Waals surface area contributed by atoms with E-state index in [1.807, 2.05) is 0 Å². The van der Waals surface area contributed by atoms with E-state index in [4.69, 9.17) is 9.47 Å². The van der Waals surface area contributed by atoms with Crippen molar-refractivity contribution in [3.8, 4) is 11.5 Å². The summed E-state index contributed by atoms with van der Waals surface area (Å²) in [5.41, 5.74) is 2.67. The molecule has 1 N–H and O–H groups in total. The van der Waals surface area contributed by atoms with Crippen molar-refractivity contribution in [3.63, 3.8) is 0 Å². The Balaban J connectivity index is 1.78. The van der Waals surface area contributed by atoms with Gasteiger partial charge in [0.1, 0.15) is 11.5 Å². The van der Waals surface area contributed by atoms with Crippen molar-refractivity contribution < 1.29 is 14.6 Å². The molecule has 4 rings (SSSR count). The van der Waals surface area contributed by atoms with E-state index in [9.17, 15) is 5.11 Å². The number of aliphatic hydroxyl groups is 1. The Morgan fingerprint density at radius 1 is 0.828 bits per heavy atom. The Morgan fingerprint density at radius 3 is 1.59 bits per heavy atom. The largest absolute Gasteiger partial charge is 0.497 e. The minimum atomic E-state index is -0.225. The third-order valence-electron chi connectivity index (χ3n) is 6.67. The molecule has 5 atom stereocenters. The number of nitrogens with zero attached hydrogens (tertiary/aromatic N) is 1. The predicted octanol–water partition coefficient (Wildman–Crippen LogP) is 4.43. The summed E-state index contributed by atoms with van der Waals surface area (Å²) in [5.74, 6) is 3.08. The maximum Gasteiger partial charge on any atom is 0.118 e. The van der Waals surface area contributed by atoms with E-state index in [1.165, 1.54) is 11.1 Å². The molecule has 2 heterocycles. The van der Waals surface area contributed by atoms with Crippen molar-refractivity contribution in [2.24, 2.45) is 5.92 Å². The van der Waals surface area contributed by atoms with Gasteiger partial charge in [0.25, 0.3) is 0 Å². The third kappa shape index (κ3) is 3.88. The van der Waals surface area contributed by atoms with Crippen molar-refractivity contribution in [1.82, 2.24) is 4.90 Å². The fourth-order valence-electron chi connectivity index (χ4n) is 5.56. The number of benzene rings is 2. The van der Waals surface area contributed by atoms with Crippen LogP contribution in [0.2, 0.25) is 0 Å². The standard InChI is InChI=1S/C25H33NO3/c1-16(2)15-26-22-13-19(27)14-23(26)25(18-7-11-21(29-4)12-8-18)24(22)17-5-9-20(28-3)10-6-17/h5-12,16,19,22-25,27H,13-15H2,1-4H3/t19?,22-,23+,24-,25+. The molecule has 1 unspecified atom stereocenters. The van der Waals surface area contributed by atoms with E-state index in [1.54, 1.807) is 14.2 Å². The molecule has 2 saturated heterocycles. The Morgan fingerprint density at radius 2 is 1.24 bits per heavy atom. The second-order valence-corrected chi connectivity index (χ2v) is 8.95. The van der Waals surface area contributed by atoms with E-state index in [-0.39, 0.29) is 6.10 Å². The van der Waals surface area contributed by atoms with Gasteiger partial charge < -0.3 is 14.6 Å². The van der Waals surface area contributed by atoms with Gasteiger partial charge in [0.2, 0.25) is 0 Å². The smallest absolute Gasteiger partial charge is 0.118 e. The summed E-state index contributed by atoms with van der Waals surface area (Å²) in [6.07, 6.45) is 1.46.